The van der Waals surface area contributed by atoms with Crippen LogP contribution >= 0.6 is 0 Å². The summed E-state index contributed by atoms with van der Waals surface area (Å²) in [6.07, 6.45) is 2.98. The van der Waals surface area contributed by atoms with Gasteiger partial charge in [0.1, 0.15) is 0 Å². The summed E-state index contributed by atoms with van der Waals surface area (Å²) in [6, 6.07) is 0. The van der Waals surface area contributed by atoms with Crippen LogP contribution in [0.5, 0.6) is 0 Å². The third-order valence-corrected chi connectivity index (χ3v) is 2.42. The third kappa shape index (κ3) is 1.33. The Labute approximate surface area is 78.2 Å². The molecule has 0 radical (unpaired) electrons. The van der Waals surface area contributed by atoms with Crippen LogP contribution in [0.2, 0.25) is 0 Å². The molecule has 1 aliphatic heterocycles. The Hall–Kier alpha value is -0.960. The first-order valence-electron chi connectivity index (χ1n) is 4.73. The van der Waals surface area contributed by atoms with Crippen molar-refractivity contribution in [1.82, 2.24) is 9.97 Å². The molecule has 0 amide bonds. The van der Waals surface area contributed by atoms with Gasteiger partial charge in [-0.25, -0.2) is 0 Å². The van der Waals surface area contributed by atoms with Gasteiger partial charge in [-0.1, -0.05) is 6.92 Å². The Kier molecular flexibility index (Phi) is 2.04. The number of rotatable bonds is 1. The Bertz CT molecular complexity index is 325. The first kappa shape index (κ1) is 8.63. The predicted octanol–water partition coefficient (Wildman–Crippen LogP) is 2.19. The summed E-state index contributed by atoms with van der Waals surface area (Å²) < 4.78 is 5.61. The lowest BCUT2D eigenvalue weighted by atomic mass is 10.2. The molecule has 1 aromatic heterocycles. The van der Waals surface area contributed by atoms with Crippen LogP contribution in [0, 0.1) is 0 Å². The molecule has 3 nitrogen and oxygen atoms in total. The molecule has 0 saturated carbocycles. The summed E-state index contributed by atoms with van der Waals surface area (Å²) in [5, 5.41) is 0. The summed E-state index contributed by atoms with van der Waals surface area (Å²) in [6.45, 7) is 6.12. The molecule has 0 aliphatic carbocycles. The molecule has 2 rings (SSSR count). The summed E-state index contributed by atoms with van der Waals surface area (Å²) in [5.41, 5.74) is 3.07. The Balaban J connectivity index is 2.46. The molecule has 0 aromatic carbocycles. The van der Waals surface area contributed by atoms with Crippen molar-refractivity contribution in [2.45, 2.75) is 39.4 Å². The van der Waals surface area contributed by atoms with Gasteiger partial charge < -0.3 is 4.74 Å². The summed E-state index contributed by atoms with van der Waals surface area (Å²) in [7, 11) is 0. The number of aryl methyl sites for hydroxylation is 1. The zero-order valence-electron chi connectivity index (χ0n) is 8.24. The van der Waals surface area contributed by atoms with E-state index in [0.717, 1.165) is 23.5 Å². The van der Waals surface area contributed by atoms with E-state index in [1.807, 2.05) is 20.0 Å². The van der Waals surface area contributed by atoms with Gasteiger partial charge in [-0.15, -0.1) is 0 Å². The normalized spacial score (nSPS) is 26.1. The third-order valence-electron chi connectivity index (χ3n) is 2.42. The molecule has 0 unspecified atom stereocenters. The standard InChI is InChI=1S/C10H14N2O/c1-4-8-5-11-9-6(2)13-7(3)10(9)12-8/h5-7H,4H2,1-3H3/t6-,7+/m1/s1. The molecular weight excluding hydrogens is 164 g/mol. The highest BCUT2D eigenvalue weighted by Gasteiger charge is 2.28. The van der Waals surface area contributed by atoms with Crippen LogP contribution in [0.1, 0.15) is 50.1 Å². The van der Waals surface area contributed by atoms with Crippen molar-refractivity contribution >= 4 is 0 Å². The number of hydrogen-bond donors (Lipinski definition) is 0. The van der Waals surface area contributed by atoms with E-state index < -0.39 is 0 Å². The van der Waals surface area contributed by atoms with E-state index in [-0.39, 0.29) is 12.2 Å². The average molecular weight is 178 g/mol. The summed E-state index contributed by atoms with van der Waals surface area (Å²) in [4.78, 5) is 8.89. The van der Waals surface area contributed by atoms with Gasteiger partial charge in [0.25, 0.3) is 0 Å². The lowest BCUT2D eigenvalue weighted by Crippen LogP contribution is -1.99. The Morgan fingerprint density at radius 1 is 1.31 bits per heavy atom. The highest BCUT2D eigenvalue weighted by Crippen LogP contribution is 2.35. The minimum atomic E-state index is 0.100. The topological polar surface area (TPSA) is 35.0 Å². The molecule has 1 aliphatic rings. The maximum absolute atomic E-state index is 5.61. The monoisotopic (exact) mass is 178 g/mol. The zero-order chi connectivity index (χ0) is 9.42. The summed E-state index contributed by atoms with van der Waals surface area (Å²) in [5.74, 6) is 0. The maximum atomic E-state index is 5.61. The summed E-state index contributed by atoms with van der Waals surface area (Å²) >= 11 is 0. The molecular formula is C10H14N2O. The zero-order valence-corrected chi connectivity index (χ0v) is 8.24. The molecule has 3 heteroatoms. The number of hydrogen-bond acceptors (Lipinski definition) is 3. The minimum absolute atomic E-state index is 0.100. The van der Waals surface area contributed by atoms with Crippen molar-refractivity contribution in [3.63, 3.8) is 0 Å². The molecule has 2 heterocycles. The fraction of sp³-hybridized carbons (Fsp3) is 0.600. The van der Waals surface area contributed by atoms with Crippen LogP contribution in [0.25, 0.3) is 0 Å². The lowest BCUT2D eigenvalue weighted by molar-refractivity contribution is 0.0307. The van der Waals surface area contributed by atoms with Crippen molar-refractivity contribution < 1.29 is 4.74 Å². The number of ether oxygens (including phenoxy) is 1. The van der Waals surface area contributed by atoms with E-state index >= 15 is 0 Å². The van der Waals surface area contributed by atoms with Crippen LogP contribution in [-0.2, 0) is 11.2 Å². The number of fused-ring (bicyclic) bond motifs is 1. The van der Waals surface area contributed by atoms with Crippen LogP contribution in [-0.4, -0.2) is 9.97 Å². The SMILES string of the molecule is CCc1cnc2c(n1)[C@H](C)O[C@@H]2C. The smallest absolute Gasteiger partial charge is 0.0995 e. The van der Waals surface area contributed by atoms with Gasteiger partial charge >= 0.3 is 0 Å². The molecule has 70 valence electrons. The van der Waals surface area contributed by atoms with Gasteiger partial charge in [-0.05, 0) is 20.3 Å². The van der Waals surface area contributed by atoms with E-state index in [1.54, 1.807) is 0 Å². The van der Waals surface area contributed by atoms with Crippen molar-refractivity contribution in [3.8, 4) is 0 Å². The molecule has 1 aromatic rings. The van der Waals surface area contributed by atoms with Crippen molar-refractivity contribution in [3.05, 3.63) is 23.3 Å². The first-order valence-corrected chi connectivity index (χ1v) is 4.73. The Morgan fingerprint density at radius 2 is 2.00 bits per heavy atom. The molecule has 0 fully saturated rings. The highest BCUT2D eigenvalue weighted by atomic mass is 16.5. The number of aromatic nitrogens is 2. The van der Waals surface area contributed by atoms with Gasteiger partial charge in [-0.3, -0.25) is 9.97 Å². The molecule has 0 bridgehead atoms. The highest BCUT2D eigenvalue weighted by molar-refractivity contribution is 5.22. The fourth-order valence-electron chi connectivity index (χ4n) is 1.67. The first-order chi connectivity index (χ1) is 6.22. The van der Waals surface area contributed by atoms with E-state index in [1.165, 1.54) is 0 Å². The van der Waals surface area contributed by atoms with Crippen LogP contribution in [0.4, 0.5) is 0 Å². The molecule has 13 heavy (non-hydrogen) atoms. The van der Waals surface area contributed by atoms with Crippen molar-refractivity contribution in [2.75, 3.05) is 0 Å². The Morgan fingerprint density at radius 3 is 2.69 bits per heavy atom. The van der Waals surface area contributed by atoms with Gasteiger partial charge in [-0.2, -0.15) is 0 Å². The van der Waals surface area contributed by atoms with Gasteiger partial charge in [0.2, 0.25) is 0 Å². The predicted molar refractivity (Wildman–Crippen MR) is 49.3 cm³/mol. The van der Waals surface area contributed by atoms with Crippen LogP contribution in [0.15, 0.2) is 6.20 Å². The maximum Gasteiger partial charge on any atom is 0.0995 e. The van der Waals surface area contributed by atoms with Crippen LogP contribution in [0.3, 0.4) is 0 Å². The molecule has 0 saturated heterocycles. The molecule has 0 spiro atoms. The second-order valence-electron chi connectivity index (χ2n) is 3.41. The minimum Gasteiger partial charge on any atom is -0.363 e. The fourth-order valence-corrected chi connectivity index (χ4v) is 1.67. The van der Waals surface area contributed by atoms with Crippen molar-refractivity contribution in [2.24, 2.45) is 0 Å². The number of nitrogens with zero attached hydrogens (tertiary/aromatic N) is 2. The average Bonchev–Trinajstić information content (AvgIpc) is 2.42. The largest absolute Gasteiger partial charge is 0.363 e. The molecule has 2 atom stereocenters. The van der Waals surface area contributed by atoms with Gasteiger partial charge in [0, 0.05) is 6.20 Å². The van der Waals surface area contributed by atoms with Gasteiger partial charge in [0.15, 0.2) is 0 Å². The van der Waals surface area contributed by atoms with E-state index in [0.29, 0.717) is 0 Å². The van der Waals surface area contributed by atoms with Crippen molar-refractivity contribution in [1.29, 1.82) is 0 Å². The second kappa shape index (κ2) is 3.07. The van der Waals surface area contributed by atoms with Gasteiger partial charge in [0.05, 0.1) is 29.3 Å². The van der Waals surface area contributed by atoms with E-state index in [9.17, 15) is 0 Å². The van der Waals surface area contributed by atoms with E-state index in [2.05, 4.69) is 16.9 Å². The van der Waals surface area contributed by atoms with Crippen LogP contribution < -0.4 is 0 Å². The lowest BCUT2D eigenvalue weighted by Gasteiger charge is -2.02. The quantitative estimate of drug-likeness (QED) is 0.661. The second-order valence-corrected chi connectivity index (χ2v) is 3.41. The van der Waals surface area contributed by atoms with E-state index in [4.69, 9.17) is 4.74 Å². The molecule has 0 N–H and O–H groups in total.